The van der Waals surface area contributed by atoms with E-state index in [0.717, 1.165) is 6.54 Å². The Kier molecular flexibility index (Phi) is 5.44. The van der Waals surface area contributed by atoms with Gasteiger partial charge >= 0.3 is 5.97 Å². The fourth-order valence-corrected chi connectivity index (χ4v) is 2.35. The molecular formula is C14H24N4O2. The van der Waals surface area contributed by atoms with Gasteiger partial charge in [-0.3, -0.25) is 0 Å². The highest BCUT2D eigenvalue weighted by molar-refractivity contribution is 5.95. The summed E-state index contributed by atoms with van der Waals surface area (Å²) in [7, 11) is 3.99. The zero-order valence-corrected chi connectivity index (χ0v) is 13.1. The fraction of sp³-hybridized carbons (Fsp3) is 0.643. The third-order valence-corrected chi connectivity index (χ3v) is 3.42. The number of nitrogens with zero attached hydrogens (tertiary/aromatic N) is 4. The molecule has 0 fully saturated rings. The molecule has 1 unspecified atom stereocenters. The number of carbonyl (C=O) groups is 1. The third kappa shape index (κ3) is 3.45. The molecule has 20 heavy (non-hydrogen) atoms. The summed E-state index contributed by atoms with van der Waals surface area (Å²) in [5.74, 6) is -0.497. The summed E-state index contributed by atoms with van der Waals surface area (Å²) in [6.07, 6.45) is 0. The number of aromatic carboxylic acids is 1. The second kappa shape index (κ2) is 6.65. The minimum absolute atomic E-state index is 0.157. The molecule has 0 aliphatic carbocycles. The van der Waals surface area contributed by atoms with Crippen LogP contribution in [0.15, 0.2) is 0 Å². The standard InChI is InChI=1S/C14H24N4O2/c1-7-18(9(2)8-17(5)6)13-12(14(19)20)10(3)11(4)15-16-13/h9H,7-8H2,1-6H3,(H,19,20). The minimum atomic E-state index is -0.953. The van der Waals surface area contributed by atoms with Crippen LogP contribution in [0.3, 0.4) is 0 Å². The Morgan fingerprint density at radius 1 is 1.30 bits per heavy atom. The predicted molar refractivity (Wildman–Crippen MR) is 79.5 cm³/mol. The van der Waals surface area contributed by atoms with E-state index in [9.17, 15) is 9.90 Å². The van der Waals surface area contributed by atoms with Crippen molar-refractivity contribution in [3.63, 3.8) is 0 Å². The van der Waals surface area contributed by atoms with Gasteiger partial charge in [-0.1, -0.05) is 0 Å². The van der Waals surface area contributed by atoms with Crippen LogP contribution in [0.25, 0.3) is 0 Å². The van der Waals surface area contributed by atoms with Crippen molar-refractivity contribution in [2.24, 2.45) is 0 Å². The SMILES string of the molecule is CCN(c1nnc(C)c(C)c1C(=O)O)C(C)CN(C)C. The van der Waals surface area contributed by atoms with Crippen LogP contribution >= 0.6 is 0 Å². The summed E-state index contributed by atoms with van der Waals surface area (Å²) in [6, 6.07) is 0.157. The van der Waals surface area contributed by atoms with E-state index in [2.05, 4.69) is 22.0 Å². The van der Waals surface area contributed by atoms with E-state index in [0.29, 0.717) is 23.6 Å². The Bertz CT molecular complexity index is 488. The summed E-state index contributed by atoms with van der Waals surface area (Å²) in [5, 5.41) is 17.7. The molecule has 0 aromatic carbocycles. The topological polar surface area (TPSA) is 69.6 Å². The smallest absolute Gasteiger partial charge is 0.339 e. The molecule has 0 saturated heterocycles. The first-order valence-electron chi connectivity index (χ1n) is 6.78. The lowest BCUT2D eigenvalue weighted by Crippen LogP contribution is -2.41. The van der Waals surface area contributed by atoms with Crippen molar-refractivity contribution in [1.82, 2.24) is 15.1 Å². The Balaban J connectivity index is 3.28. The van der Waals surface area contributed by atoms with Gasteiger partial charge in [-0.25, -0.2) is 4.79 Å². The molecule has 0 aliphatic heterocycles. The van der Waals surface area contributed by atoms with Crippen LogP contribution in [0, 0.1) is 13.8 Å². The lowest BCUT2D eigenvalue weighted by atomic mass is 10.1. The van der Waals surface area contributed by atoms with Crippen LogP contribution in [0.1, 0.15) is 35.5 Å². The molecule has 0 bridgehead atoms. The Morgan fingerprint density at radius 2 is 1.90 bits per heavy atom. The molecule has 112 valence electrons. The Morgan fingerprint density at radius 3 is 2.35 bits per heavy atom. The number of rotatable bonds is 6. The molecule has 1 heterocycles. The molecule has 0 aliphatic rings. The summed E-state index contributed by atoms with van der Waals surface area (Å²) in [4.78, 5) is 15.6. The van der Waals surface area contributed by atoms with Crippen molar-refractivity contribution in [1.29, 1.82) is 0 Å². The molecule has 1 aromatic rings. The summed E-state index contributed by atoms with van der Waals surface area (Å²) in [6.45, 7) is 9.12. The highest BCUT2D eigenvalue weighted by Gasteiger charge is 2.24. The maximum absolute atomic E-state index is 11.6. The van der Waals surface area contributed by atoms with Gasteiger partial charge in [-0.05, 0) is 47.4 Å². The summed E-state index contributed by atoms with van der Waals surface area (Å²) in [5.41, 5.74) is 1.59. The Hall–Kier alpha value is -1.69. The van der Waals surface area contributed by atoms with E-state index in [1.165, 1.54) is 0 Å². The molecule has 0 amide bonds. The number of anilines is 1. The van der Waals surface area contributed by atoms with Gasteiger partial charge < -0.3 is 14.9 Å². The van der Waals surface area contributed by atoms with Gasteiger partial charge in [0.1, 0.15) is 5.56 Å². The zero-order chi connectivity index (χ0) is 15.4. The molecule has 1 aromatic heterocycles. The van der Waals surface area contributed by atoms with Crippen LogP contribution in [-0.2, 0) is 0 Å². The van der Waals surface area contributed by atoms with Crippen molar-refractivity contribution in [3.05, 3.63) is 16.8 Å². The largest absolute Gasteiger partial charge is 0.478 e. The third-order valence-electron chi connectivity index (χ3n) is 3.42. The number of carboxylic acid groups (broad SMARTS) is 1. The van der Waals surface area contributed by atoms with Crippen LogP contribution in [0.4, 0.5) is 5.82 Å². The van der Waals surface area contributed by atoms with Crippen LogP contribution < -0.4 is 4.90 Å². The molecule has 1 rings (SSSR count). The van der Waals surface area contributed by atoms with Crippen molar-refractivity contribution in [3.8, 4) is 0 Å². The molecule has 0 saturated carbocycles. The molecule has 6 heteroatoms. The Labute approximate surface area is 120 Å². The number of likely N-dealkylation sites (N-methyl/N-ethyl adjacent to an activating group) is 2. The van der Waals surface area contributed by atoms with Crippen molar-refractivity contribution in [2.75, 3.05) is 32.1 Å². The quantitative estimate of drug-likeness (QED) is 0.853. The second-order valence-corrected chi connectivity index (χ2v) is 5.31. The number of hydrogen-bond donors (Lipinski definition) is 1. The van der Waals surface area contributed by atoms with Crippen molar-refractivity contribution < 1.29 is 9.90 Å². The zero-order valence-electron chi connectivity index (χ0n) is 13.1. The van der Waals surface area contributed by atoms with E-state index >= 15 is 0 Å². The lowest BCUT2D eigenvalue weighted by Gasteiger charge is -2.32. The van der Waals surface area contributed by atoms with Crippen LogP contribution in [0.5, 0.6) is 0 Å². The maximum atomic E-state index is 11.6. The van der Waals surface area contributed by atoms with E-state index in [-0.39, 0.29) is 11.6 Å². The van der Waals surface area contributed by atoms with Gasteiger partial charge in [0.15, 0.2) is 5.82 Å². The number of carboxylic acids is 1. The van der Waals surface area contributed by atoms with Gasteiger partial charge in [0.25, 0.3) is 0 Å². The highest BCUT2D eigenvalue weighted by atomic mass is 16.4. The second-order valence-electron chi connectivity index (χ2n) is 5.31. The first-order valence-corrected chi connectivity index (χ1v) is 6.78. The van der Waals surface area contributed by atoms with Crippen LogP contribution in [-0.4, -0.2) is 59.4 Å². The number of aromatic nitrogens is 2. The molecule has 1 N–H and O–H groups in total. The maximum Gasteiger partial charge on any atom is 0.339 e. The average Bonchev–Trinajstić information content (AvgIpc) is 2.33. The summed E-state index contributed by atoms with van der Waals surface area (Å²) >= 11 is 0. The van der Waals surface area contributed by atoms with Crippen LogP contribution in [0.2, 0.25) is 0 Å². The first kappa shape index (κ1) is 16.4. The summed E-state index contributed by atoms with van der Waals surface area (Å²) < 4.78 is 0. The molecule has 0 radical (unpaired) electrons. The van der Waals surface area contributed by atoms with Gasteiger partial charge in [-0.15, -0.1) is 5.10 Å². The van der Waals surface area contributed by atoms with E-state index in [1.54, 1.807) is 13.8 Å². The number of aryl methyl sites for hydroxylation is 1. The fourth-order valence-electron chi connectivity index (χ4n) is 2.35. The molecular weight excluding hydrogens is 256 g/mol. The molecule has 0 spiro atoms. The van der Waals surface area contributed by atoms with Crippen molar-refractivity contribution >= 4 is 11.8 Å². The van der Waals surface area contributed by atoms with Gasteiger partial charge in [-0.2, -0.15) is 5.10 Å². The van der Waals surface area contributed by atoms with E-state index in [1.807, 2.05) is 25.9 Å². The first-order chi connectivity index (χ1) is 9.29. The van der Waals surface area contributed by atoms with E-state index < -0.39 is 5.97 Å². The van der Waals surface area contributed by atoms with Gasteiger partial charge in [0, 0.05) is 19.1 Å². The van der Waals surface area contributed by atoms with Crippen molar-refractivity contribution in [2.45, 2.75) is 33.7 Å². The minimum Gasteiger partial charge on any atom is -0.478 e. The average molecular weight is 280 g/mol. The molecule has 1 atom stereocenters. The number of hydrogen-bond acceptors (Lipinski definition) is 5. The monoisotopic (exact) mass is 280 g/mol. The molecule has 6 nitrogen and oxygen atoms in total. The van der Waals surface area contributed by atoms with Gasteiger partial charge in [0.05, 0.1) is 5.69 Å². The lowest BCUT2D eigenvalue weighted by molar-refractivity contribution is 0.0696. The van der Waals surface area contributed by atoms with E-state index in [4.69, 9.17) is 0 Å². The normalized spacial score (nSPS) is 12.6. The van der Waals surface area contributed by atoms with Gasteiger partial charge in [0.2, 0.25) is 0 Å². The predicted octanol–water partition coefficient (Wildman–Crippen LogP) is 1.57. The highest BCUT2D eigenvalue weighted by Crippen LogP contribution is 2.23.